The Kier molecular flexibility index (Phi) is 2.80. The summed E-state index contributed by atoms with van der Waals surface area (Å²) in [6.45, 7) is 3.77. The molecule has 84 valence electrons. The van der Waals surface area contributed by atoms with Crippen LogP contribution in [-0.4, -0.2) is 36.6 Å². The SMILES string of the molecule is C1=CCN(C2CCC2CNC2CC2)CC1. The van der Waals surface area contributed by atoms with Gasteiger partial charge in [-0.25, -0.2) is 0 Å². The maximum Gasteiger partial charge on any atom is 0.0166 e. The molecule has 0 amide bonds. The first kappa shape index (κ1) is 9.86. The van der Waals surface area contributed by atoms with Gasteiger partial charge in [0.05, 0.1) is 0 Å². The maximum atomic E-state index is 3.68. The zero-order valence-electron chi connectivity index (χ0n) is 9.49. The van der Waals surface area contributed by atoms with Crippen LogP contribution in [0.2, 0.25) is 0 Å². The van der Waals surface area contributed by atoms with Crippen molar-refractivity contribution < 1.29 is 0 Å². The third kappa shape index (κ3) is 2.26. The van der Waals surface area contributed by atoms with Gasteiger partial charge in [-0.2, -0.15) is 0 Å². The van der Waals surface area contributed by atoms with Crippen LogP contribution in [0, 0.1) is 5.92 Å². The van der Waals surface area contributed by atoms with Crippen molar-refractivity contribution in [3.05, 3.63) is 12.2 Å². The van der Waals surface area contributed by atoms with Gasteiger partial charge in [0.1, 0.15) is 0 Å². The van der Waals surface area contributed by atoms with Crippen molar-refractivity contribution in [2.75, 3.05) is 19.6 Å². The molecule has 0 aromatic heterocycles. The molecule has 2 nitrogen and oxygen atoms in total. The summed E-state index contributed by atoms with van der Waals surface area (Å²) in [6, 6.07) is 1.77. The Morgan fingerprint density at radius 1 is 1.13 bits per heavy atom. The lowest BCUT2D eigenvalue weighted by atomic mass is 9.78. The second kappa shape index (κ2) is 4.26. The molecule has 0 saturated heterocycles. The quantitative estimate of drug-likeness (QED) is 0.705. The number of nitrogens with one attached hydrogen (secondary N) is 1. The Balaban J connectivity index is 1.46. The molecule has 1 aliphatic heterocycles. The van der Waals surface area contributed by atoms with Crippen LogP contribution in [0.1, 0.15) is 32.1 Å². The van der Waals surface area contributed by atoms with Gasteiger partial charge in [0.2, 0.25) is 0 Å². The standard InChI is InChI=1S/C13H22N2/c1-2-8-15(9-3-1)13-7-4-11(13)10-14-12-5-6-12/h1-2,11-14H,3-10H2. The van der Waals surface area contributed by atoms with E-state index in [2.05, 4.69) is 22.4 Å². The third-order valence-corrected chi connectivity index (χ3v) is 4.18. The first-order chi connectivity index (χ1) is 7.43. The van der Waals surface area contributed by atoms with Crippen molar-refractivity contribution in [2.45, 2.75) is 44.2 Å². The number of rotatable bonds is 4. The van der Waals surface area contributed by atoms with E-state index in [0.717, 1.165) is 18.0 Å². The molecule has 0 bridgehead atoms. The van der Waals surface area contributed by atoms with Crippen LogP contribution in [0.15, 0.2) is 12.2 Å². The summed E-state index contributed by atoms with van der Waals surface area (Å²) < 4.78 is 0. The van der Waals surface area contributed by atoms with Crippen molar-refractivity contribution in [2.24, 2.45) is 5.92 Å². The zero-order chi connectivity index (χ0) is 10.1. The van der Waals surface area contributed by atoms with Crippen molar-refractivity contribution >= 4 is 0 Å². The van der Waals surface area contributed by atoms with Gasteiger partial charge in [0.25, 0.3) is 0 Å². The molecule has 2 fully saturated rings. The average molecular weight is 206 g/mol. The monoisotopic (exact) mass is 206 g/mol. The second-order valence-electron chi connectivity index (χ2n) is 5.34. The minimum Gasteiger partial charge on any atom is -0.314 e. The lowest BCUT2D eigenvalue weighted by Gasteiger charge is -2.45. The maximum absolute atomic E-state index is 3.68. The topological polar surface area (TPSA) is 15.3 Å². The molecule has 2 unspecified atom stereocenters. The van der Waals surface area contributed by atoms with E-state index in [1.165, 1.54) is 51.7 Å². The molecule has 2 heteroatoms. The van der Waals surface area contributed by atoms with Crippen LogP contribution < -0.4 is 5.32 Å². The highest BCUT2D eigenvalue weighted by atomic mass is 15.2. The first-order valence-corrected chi connectivity index (χ1v) is 6.56. The Morgan fingerprint density at radius 3 is 2.67 bits per heavy atom. The first-order valence-electron chi connectivity index (χ1n) is 6.56. The van der Waals surface area contributed by atoms with E-state index < -0.39 is 0 Å². The van der Waals surface area contributed by atoms with E-state index in [9.17, 15) is 0 Å². The molecular weight excluding hydrogens is 184 g/mol. The van der Waals surface area contributed by atoms with Gasteiger partial charge >= 0.3 is 0 Å². The fraction of sp³-hybridized carbons (Fsp3) is 0.846. The van der Waals surface area contributed by atoms with E-state index >= 15 is 0 Å². The van der Waals surface area contributed by atoms with Crippen molar-refractivity contribution in [1.82, 2.24) is 10.2 Å². The largest absolute Gasteiger partial charge is 0.314 e. The molecule has 3 rings (SSSR count). The summed E-state index contributed by atoms with van der Waals surface area (Å²) in [5.41, 5.74) is 0. The Hall–Kier alpha value is -0.340. The molecule has 0 aromatic rings. The predicted molar refractivity (Wildman–Crippen MR) is 62.9 cm³/mol. The minimum absolute atomic E-state index is 0.882. The van der Waals surface area contributed by atoms with Crippen LogP contribution in [0.4, 0.5) is 0 Å². The minimum atomic E-state index is 0.882. The fourth-order valence-corrected chi connectivity index (χ4v) is 2.84. The summed E-state index contributed by atoms with van der Waals surface area (Å²) in [7, 11) is 0. The van der Waals surface area contributed by atoms with E-state index in [-0.39, 0.29) is 0 Å². The summed E-state index contributed by atoms with van der Waals surface area (Å²) >= 11 is 0. The lowest BCUT2D eigenvalue weighted by Crippen LogP contribution is -2.51. The van der Waals surface area contributed by atoms with Crippen LogP contribution in [0.5, 0.6) is 0 Å². The smallest absolute Gasteiger partial charge is 0.0166 e. The Labute approximate surface area is 92.7 Å². The van der Waals surface area contributed by atoms with Gasteiger partial charge < -0.3 is 5.32 Å². The Bertz CT molecular complexity index is 245. The fourth-order valence-electron chi connectivity index (χ4n) is 2.84. The molecule has 0 spiro atoms. The predicted octanol–water partition coefficient (Wildman–Crippen LogP) is 1.78. The van der Waals surface area contributed by atoms with Crippen LogP contribution in [-0.2, 0) is 0 Å². The van der Waals surface area contributed by atoms with Gasteiger partial charge in [-0.15, -0.1) is 0 Å². The molecule has 15 heavy (non-hydrogen) atoms. The van der Waals surface area contributed by atoms with Crippen LogP contribution in [0.3, 0.4) is 0 Å². The van der Waals surface area contributed by atoms with Gasteiger partial charge in [-0.05, 0) is 44.6 Å². The van der Waals surface area contributed by atoms with E-state index in [1.807, 2.05) is 0 Å². The summed E-state index contributed by atoms with van der Waals surface area (Å²) in [4.78, 5) is 2.68. The Morgan fingerprint density at radius 2 is 2.07 bits per heavy atom. The highest BCUT2D eigenvalue weighted by molar-refractivity contribution is 4.98. The molecule has 1 heterocycles. The van der Waals surface area contributed by atoms with Gasteiger partial charge in [-0.3, -0.25) is 4.90 Å². The molecule has 1 N–H and O–H groups in total. The van der Waals surface area contributed by atoms with Crippen LogP contribution in [0.25, 0.3) is 0 Å². The van der Waals surface area contributed by atoms with Crippen molar-refractivity contribution in [3.63, 3.8) is 0 Å². The highest BCUT2D eigenvalue weighted by Gasteiger charge is 2.35. The number of hydrogen-bond acceptors (Lipinski definition) is 2. The van der Waals surface area contributed by atoms with Crippen molar-refractivity contribution in [1.29, 1.82) is 0 Å². The molecule has 2 saturated carbocycles. The third-order valence-electron chi connectivity index (χ3n) is 4.18. The number of hydrogen-bond donors (Lipinski definition) is 1. The van der Waals surface area contributed by atoms with Crippen LogP contribution >= 0.6 is 0 Å². The zero-order valence-corrected chi connectivity index (χ0v) is 9.49. The number of nitrogens with zero attached hydrogens (tertiary/aromatic N) is 1. The molecule has 0 radical (unpaired) electrons. The van der Waals surface area contributed by atoms with E-state index in [0.29, 0.717) is 0 Å². The summed E-state index contributed by atoms with van der Waals surface area (Å²) in [5, 5.41) is 3.68. The summed E-state index contributed by atoms with van der Waals surface area (Å²) in [6.07, 6.45) is 11.7. The van der Waals surface area contributed by atoms with Gasteiger partial charge in [0.15, 0.2) is 0 Å². The molecule has 2 atom stereocenters. The van der Waals surface area contributed by atoms with E-state index in [1.54, 1.807) is 0 Å². The molecule has 0 aromatic carbocycles. The average Bonchev–Trinajstić information content (AvgIpc) is 3.02. The van der Waals surface area contributed by atoms with Gasteiger partial charge in [0, 0.05) is 25.2 Å². The van der Waals surface area contributed by atoms with Gasteiger partial charge in [-0.1, -0.05) is 12.2 Å². The molecule has 3 aliphatic rings. The summed E-state index contributed by atoms with van der Waals surface area (Å²) in [5.74, 6) is 0.942. The van der Waals surface area contributed by atoms with E-state index in [4.69, 9.17) is 0 Å². The molecule has 2 aliphatic carbocycles. The van der Waals surface area contributed by atoms with Crippen molar-refractivity contribution in [3.8, 4) is 0 Å². The normalized spacial score (nSPS) is 36.5. The highest BCUT2D eigenvalue weighted by Crippen LogP contribution is 2.33. The second-order valence-corrected chi connectivity index (χ2v) is 5.34. The molecular formula is C13H22N2. The lowest BCUT2D eigenvalue weighted by molar-refractivity contribution is 0.0695.